The summed E-state index contributed by atoms with van der Waals surface area (Å²) in [7, 11) is 1.77. The SMILES string of the molecule is CN(CC(O)C1CC1)C(=O)C1CC1c1cccc(Cl)c1Cl. The van der Waals surface area contributed by atoms with Crippen molar-refractivity contribution in [2.75, 3.05) is 13.6 Å². The average Bonchev–Trinajstić information content (AvgIpc) is 3.33. The highest BCUT2D eigenvalue weighted by molar-refractivity contribution is 6.42. The molecule has 1 amide bonds. The third kappa shape index (κ3) is 3.20. The summed E-state index contributed by atoms with van der Waals surface area (Å²) >= 11 is 12.2. The van der Waals surface area contributed by atoms with Crippen LogP contribution in [0.25, 0.3) is 0 Å². The number of hydrogen-bond donors (Lipinski definition) is 1. The third-order valence-corrected chi connectivity index (χ3v) is 5.33. The fourth-order valence-electron chi connectivity index (χ4n) is 2.90. The highest BCUT2D eigenvalue weighted by atomic mass is 35.5. The Morgan fingerprint density at radius 2 is 2.14 bits per heavy atom. The number of benzene rings is 1. The first-order valence-electron chi connectivity index (χ1n) is 7.36. The standard InChI is InChI=1S/C16H19Cl2NO2/c1-19(8-14(20)9-5-6-9)16(21)12-7-11(12)10-3-2-4-13(17)15(10)18/h2-4,9,11-12,14,20H,5-8H2,1H3. The van der Waals surface area contributed by atoms with Crippen molar-refractivity contribution in [2.45, 2.75) is 31.3 Å². The van der Waals surface area contributed by atoms with Gasteiger partial charge in [0.15, 0.2) is 0 Å². The van der Waals surface area contributed by atoms with Crippen molar-refractivity contribution in [3.63, 3.8) is 0 Å². The van der Waals surface area contributed by atoms with Gasteiger partial charge in [0.25, 0.3) is 0 Å². The number of nitrogens with zero attached hydrogens (tertiary/aromatic N) is 1. The molecule has 3 unspecified atom stereocenters. The molecule has 0 radical (unpaired) electrons. The van der Waals surface area contributed by atoms with Crippen molar-refractivity contribution in [2.24, 2.45) is 11.8 Å². The van der Waals surface area contributed by atoms with E-state index in [-0.39, 0.29) is 23.8 Å². The van der Waals surface area contributed by atoms with Crippen molar-refractivity contribution in [3.05, 3.63) is 33.8 Å². The quantitative estimate of drug-likeness (QED) is 0.901. The van der Waals surface area contributed by atoms with E-state index in [0.717, 1.165) is 24.8 Å². The van der Waals surface area contributed by atoms with Crippen LogP contribution in [0.1, 0.15) is 30.7 Å². The molecule has 0 aromatic heterocycles. The number of carbonyl (C=O) groups excluding carboxylic acids is 1. The van der Waals surface area contributed by atoms with E-state index in [1.807, 2.05) is 12.1 Å². The third-order valence-electron chi connectivity index (χ3n) is 4.49. The number of halogens is 2. The molecule has 21 heavy (non-hydrogen) atoms. The van der Waals surface area contributed by atoms with Crippen LogP contribution in [0.3, 0.4) is 0 Å². The van der Waals surface area contributed by atoms with E-state index < -0.39 is 0 Å². The lowest BCUT2D eigenvalue weighted by atomic mass is 10.1. The summed E-state index contributed by atoms with van der Waals surface area (Å²) in [5, 5.41) is 11.0. The zero-order valence-corrected chi connectivity index (χ0v) is 13.4. The van der Waals surface area contributed by atoms with Crippen molar-refractivity contribution in [1.82, 2.24) is 4.90 Å². The predicted molar refractivity (Wildman–Crippen MR) is 83.7 cm³/mol. The van der Waals surface area contributed by atoms with Crippen LogP contribution in [-0.2, 0) is 4.79 Å². The van der Waals surface area contributed by atoms with E-state index in [1.165, 1.54) is 0 Å². The molecule has 0 saturated heterocycles. The van der Waals surface area contributed by atoms with Crippen LogP contribution in [0.4, 0.5) is 0 Å². The lowest BCUT2D eigenvalue weighted by Crippen LogP contribution is -2.36. The maximum absolute atomic E-state index is 12.4. The van der Waals surface area contributed by atoms with Gasteiger partial charge in [-0.1, -0.05) is 35.3 Å². The Bertz CT molecular complexity index is 559. The van der Waals surface area contributed by atoms with E-state index in [0.29, 0.717) is 22.5 Å². The Balaban J connectivity index is 1.61. The van der Waals surface area contributed by atoms with Crippen molar-refractivity contribution in [3.8, 4) is 0 Å². The maximum Gasteiger partial charge on any atom is 0.226 e. The van der Waals surface area contributed by atoms with Gasteiger partial charge in [-0.2, -0.15) is 0 Å². The average molecular weight is 328 g/mol. The van der Waals surface area contributed by atoms with Gasteiger partial charge in [-0.05, 0) is 42.7 Å². The molecule has 1 aromatic rings. The minimum absolute atomic E-state index is 0.0302. The number of aliphatic hydroxyl groups is 1. The van der Waals surface area contributed by atoms with E-state index in [1.54, 1.807) is 18.0 Å². The normalized spacial score (nSPS) is 25.5. The fourth-order valence-corrected chi connectivity index (χ4v) is 3.35. The first kappa shape index (κ1) is 15.1. The fraction of sp³-hybridized carbons (Fsp3) is 0.562. The predicted octanol–water partition coefficient (Wildman–Crippen LogP) is 3.33. The van der Waals surface area contributed by atoms with Gasteiger partial charge in [0.05, 0.1) is 16.1 Å². The Labute approximate surface area is 134 Å². The monoisotopic (exact) mass is 327 g/mol. The number of rotatable bonds is 5. The Kier molecular flexibility index (Phi) is 4.17. The molecule has 2 fully saturated rings. The molecule has 3 rings (SSSR count). The van der Waals surface area contributed by atoms with Gasteiger partial charge in [0, 0.05) is 19.5 Å². The summed E-state index contributed by atoms with van der Waals surface area (Å²) in [6, 6.07) is 5.56. The first-order valence-corrected chi connectivity index (χ1v) is 8.11. The van der Waals surface area contributed by atoms with E-state index in [4.69, 9.17) is 23.2 Å². The van der Waals surface area contributed by atoms with Gasteiger partial charge in [-0.25, -0.2) is 0 Å². The molecule has 2 aliphatic rings. The molecule has 1 N–H and O–H groups in total. The van der Waals surface area contributed by atoms with Gasteiger partial charge in [0.2, 0.25) is 5.91 Å². The summed E-state index contributed by atoms with van der Waals surface area (Å²) < 4.78 is 0. The second kappa shape index (κ2) is 5.79. The van der Waals surface area contributed by atoms with Gasteiger partial charge in [-0.15, -0.1) is 0 Å². The summed E-state index contributed by atoms with van der Waals surface area (Å²) in [4.78, 5) is 14.1. The number of carbonyl (C=O) groups is 1. The van der Waals surface area contributed by atoms with Crippen molar-refractivity contribution in [1.29, 1.82) is 0 Å². The van der Waals surface area contributed by atoms with Gasteiger partial charge >= 0.3 is 0 Å². The van der Waals surface area contributed by atoms with Crippen molar-refractivity contribution < 1.29 is 9.90 Å². The van der Waals surface area contributed by atoms with Gasteiger partial charge < -0.3 is 10.0 Å². The Morgan fingerprint density at radius 3 is 2.81 bits per heavy atom. The molecule has 3 nitrogen and oxygen atoms in total. The Morgan fingerprint density at radius 1 is 1.43 bits per heavy atom. The van der Waals surface area contributed by atoms with Crippen LogP contribution < -0.4 is 0 Å². The van der Waals surface area contributed by atoms with Crippen LogP contribution in [0.2, 0.25) is 10.0 Å². The van der Waals surface area contributed by atoms with Gasteiger partial charge in [0.1, 0.15) is 0 Å². The molecule has 114 valence electrons. The summed E-state index contributed by atoms with van der Waals surface area (Å²) in [6.45, 7) is 0.427. The van der Waals surface area contributed by atoms with E-state index >= 15 is 0 Å². The van der Waals surface area contributed by atoms with Crippen LogP contribution >= 0.6 is 23.2 Å². The first-order chi connectivity index (χ1) is 9.99. The number of likely N-dealkylation sites (N-methyl/N-ethyl adjacent to an activating group) is 1. The minimum atomic E-state index is -0.383. The van der Waals surface area contributed by atoms with Crippen LogP contribution in [0.15, 0.2) is 18.2 Å². The zero-order valence-electron chi connectivity index (χ0n) is 11.9. The highest BCUT2D eigenvalue weighted by Crippen LogP contribution is 2.51. The van der Waals surface area contributed by atoms with Crippen LogP contribution in [0.5, 0.6) is 0 Å². The van der Waals surface area contributed by atoms with Crippen LogP contribution in [0, 0.1) is 11.8 Å². The Hall–Kier alpha value is -0.770. The second-order valence-electron chi connectivity index (χ2n) is 6.22. The zero-order chi connectivity index (χ0) is 15.1. The number of amides is 1. The van der Waals surface area contributed by atoms with Gasteiger partial charge in [-0.3, -0.25) is 4.79 Å². The smallest absolute Gasteiger partial charge is 0.226 e. The largest absolute Gasteiger partial charge is 0.391 e. The molecule has 5 heteroatoms. The molecular weight excluding hydrogens is 309 g/mol. The molecule has 2 saturated carbocycles. The molecule has 1 aromatic carbocycles. The van der Waals surface area contributed by atoms with E-state index in [9.17, 15) is 9.90 Å². The lowest BCUT2D eigenvalue weighted by molar-refractivity contribution is -0.132. The summed E-state index contributed by atoms with van der Waals surface area (Å²) in [5.74, 6) is 0.606. The lowest BCUT2D eigenvalue weighted by Gasteiger charge is -2.21. The second-order valence-corrected chi connectivity index (χ2v) is 7.00. The minimum Gasteiger partial charge on any atom is -0.391 e. The topological polar surface area (TPSA) is 40.5 Å². The number of hydrogen-bond acceptors (Lipinski definition) is 2. The summed E-state index contributed by atoms with van der Waals surface area (Å²) in [6.07, 6.45) is 2.58. The molecule has 0 bridgehead atoms. The van der Waals surface area contributed by atoms with Crippen molar-refractivity contribution >= 4 is 29.1 Å². The highest BCUT2D eigenvalue weighted by Gasteiger charge is 2.46. The van der Waals surface area contributed by atoms with E-state index in [2.05, 4.69) is 0 Å². The molecule has 0 aliphatic heterocycles. The molecule has 3 atom stereocenters. The summed E-state index contributed by atoms with van der Waals surface area (Å²) in [5.41, 5.74) is 0.957. The molecular formula is C16H19Cl2NO2. The maximum atomic E-state index is 12.4. The van der Waals surface area contributed by atoms with Crippen LogP contribution in [-0.4, -0.2) is 35.6 Å². The molecule has 2 aliphatic carbocycles. The molecule has 0 heterocycles. The number of aliphatic hydroxyl groups excluding tert-OH is 1. The molecule has 0 spiro atoms.